The van der Waals surface area contributed by atoms with E-state index in [9.17, 15) is 0 Å². The number of aromatic nitrogens is 3. The summed E-state index contributed by atoms with van der Waals surface area (Å²) in [5.41, 5.74) is 14.1. The Labute approximate surface area is 262 Å². The molecule has 6 aromatic carbocycles. The minimum Gasteiger partial charge on any atom is -0.290 e. The van der Waals surface area contributed by atoms with Gasteiger partial charge < -0.3 is 0 Å². The highest BCUT2D eigenvalue weighted by molar-refractivity contribution is 7.26. The zero-order chi connectivity index (χ0) is 29.6. The molecule has 4 heteroatoms. The number of thiophene rings is 1. The molecule has 0 saturated heterocycles. The van der Waals surface area contributed by atoms with E-state index >= 15 is 0 Å². The van der Waals surface area contributed by atoms with Crippen LogP contribution in [0.25, 0.3) is 91.8 Å². The normalized spacial score (nSPS) is 14.2. The first kappa shape index (κ1) is 24.1. The molecule has 1 aliphatic rings. The fourth-order valence-electron chi connectivity index (χ4n) is 8.19. The summed E-state index contributed by atoms with van der Waals surface area (Å²) in [7, 11) is 0. The summed E-state index contributed by atoms with van der Waals surface area (Å²) in [6.45, 7) is 4.68. The predicted octanol–water partition coefficient (Wildman–Crippen LogP) is 11.1. The van der Waals surface area contributed by atoms with Gasteiger partial charge in [-0.25, -0.2) is 9.97 Å². The van der Waals surface area contributed by atoms with Crippen LogP contribution in [0.4, 0.5) is 0 Å². The van der Waals surface area contributed by atoms with Crippen molar-refractivity contribution in [3.05, 3.63) is 126 Å². The van der Waals surface area contributed by atoms with Crippen LogP contribution in [-0.2, 0) is 5.41 Å². The SMILES string of the molecule is CC1(C)c2ccccc2-c2cc(-c3cc4c5ccc6c7ccccc7sc6c5n5c6nc7ccccc7nc6c(c3)c45)ccc21. The number of benzene rings is 6. The zero-order valence-corrected chi connectivity index (χ0v) is 25.5. The summed E-state index contributed by atoms with van der Waals surface area (Å²) >= 11 is 1.88. The van der Waals surface area contributed by atoms with Gasteiger partial charge in [-0.15, -0.1) is 11.3 Å². The van der Waals surface area contributed by atoms with Crippen molar-refractivity contribution < 1.29 is 0 Å². The van der Waals surface area contributed by atoms with E-state index in [1.54, 1.807) is 0 Å². The van der Waals surface area contributed by atoms with Crippen molar-refractivity contribution >= 4 is 80.9 Å². The van der Waals surface area contributed by atoms with E-state index in [0.717, 1.165) is 27.6 Å². The van der Waals surface area contributed by atoms with Crippen LogP contribution in [0, 0.1) is 0 Å². The molecule has 45 heavy (non-hydrogen) atoms. The predicted molar refractivity (Wildman–Crippen MR) is 190 cm³/mol. The molecule has 0 spiro atoms. The Bertz CT molecular complexity index is 2910. The maximum absolute atomic E-state index is 5.27. The lowest BCUT2D eigenvalue weighted by molar-refractivity contribution is 0.660. The molecular weight excluding hydrogens is 567 g/mol. The third-order valence-corrected chi connectivity index (χ3v) is 11.5. The van der Waals surface area contributed by atoms with E-state index in [1.165, 1.54) is 75.4 Å². The van der Waals surface area contributed by atoms with Gasteiger partial charge in [0.15, 0.2) is 5.65 Å². The van der Waals surface area contributed by atoms with Gasteiger partial charge >= 0.3 is 0 Å². The molecule has 0 atom stereocenters. The van der Waals surface area contributed by atoms with Gasteiger partial charge in [-0.2, -0.15) is 0 Å². The minimum absolute atomic E-state index is 0.0128. The fourth-order valence-corrected chi connectivity index (χ4v) is 9.43. The topological polar surface area (TPSA) is 30.2 Å². The van der Waals surface area contributed by atoms with Gasteiger partial charge in [-0.3, -0.25) is 4.40 Å². The molecule has 0 N–H and O–H groups in total. The van der Waals surface area contributed by atoms with Crippen molar-refractivity contribution in [1.29, 1.82) is 0 Å². The maximum Gasteiger partial charge on any atom is 0.165 e. The van der Waals surface area contributed by atoms with E-state index in [1.807, 2.05) is 23.5 Å². The van der Waals surface area contributed by atoms with Crippen LogP contribution in [0.1, 0.15) is 25.0 Å². The van der Waals surface area contributed by atoms with Crippen molar-refractivity contribution in [2.24, 2.45) is 0 Å². The lowest BCUT2D eigenvalue weighted by Gasteiger charge is -2.21. The summed E-state index contributed by atoms with van der Waals surface area (Å²) in [5, 5.41) is 6.28. The first-order valence-corrected chi connectivity index (χ1v) is 16.3. The van der Waals surface area contributed by atoms with Crippen LogP contribution in [0.5, 0.6) is 0 Å². The second kappa shape index (κ2) is 8.03. The maximum atomic E-state index is 5.27. The summed E-state index contributed by atoms with van der Waals surface area (Å²) in [6.07, 6.45) is 0. The second-order valence-electron chi connectivity index (χ2n) is 13.0. The Morgan fingerprint density at radius 1 is 0.556 bits per heavy atom. The second-order valence-corrected chi connectivity index (χ2v) is 14.1. The van der Waals surface area contributed by atoms with Crippen LogP contribution >= 0.6 is 11.3 Å². The molecule has 0 bridgehead atoms. The molecule has 4 heterocycles. The molecule has 0 aliphatic heterocycles. The molecule has 0 amide bonds. The van der Waals surface area contributed by atoms with Crippen molar-refractivity contribution in [1.82, 2.24) is 14.4 Å². The molecule has 0 radical (unpaired) electrons. The number of hydrogen-bond donors (Lipinski definition) is 0. The number of para-hydroxylation sites is 2. The molecular formula is C41H25N3S. The van der Waals surface area contributed by atoms with Gasteiger partial charge in [0.2, 0.25) is 0 Å². The van der Waals surface area contributed by atoms with E-state index in [-0.39, 0.29) is 5.41 Å². The fraction of sp³-hybridized carbons (Fsp3) is 0.0732. The standard InChI is InChI=1S/C41H25N3S/c1-41(2)31-11-5-3-9-24(31)28-19-22(15-18-32(28)41)23-20-29-26-16-17-27-25-10-4-8-14-35(25)45-39(27)38(26)44-37(29)30(21-23)36-40(44)43-34-13-7-6-12-33(34)42-36/h3-21H,1-2H3. The molecule has 3 nitrogen and oxygen atoms in total. The van der Waals surface area contributed by atoms with Gasteiger partial charge in [0, 0.05) is 37.0 Å². The lowest BCUT2D eigenvalue weighted by atomic mass is 9.82. The Morgan fingerprint density at radius 2 is 1.29 bits per heavy atom. The average molecular weight is 592 g/mol. The molecule has 11 rings (SSSR count). The summed E-state index contributed by atoms with van der Waals surface area (Å²) in [6, 6.07) is 42.3. The van der Waals surface area contributed by atoms with Gasteiger partial charge in [0.1, 0.15) is 5.52 Å². The molecule has 1 aliphatic carbocycles. The number of nitrogens with zero attached hydrogens (tertiary/aromatic N) is 3. The molecule has 0 saturated carbocycles. The van der Waals surface area contributed by atoms with Crippen molar-refractivity contribution in [2.45, 2.75) is 19.3 Å². The first-order chi connectivity index (χ1) is 22.1. The van der Waals surface area contributed by atoms with Crippen LogP contribution < -0.4 is 0 Å². The van der Waals surface area contributed by atoms with E-state index in [4.69, 9.17) is 9.97 Å². The van der Waals surface area contributed by atoms with Gasteiger partial charge in [0.05, 0.1) is 26.8 Å². The Hall–Kier alpha value is -5.32. The smallest absolute Gasteiger partial charge is 0.165 e. The van der Waals surface area contributed by atoms with Crippen LogP contribution in [0.15, 0.2) is 115 Å². The number of hydrogen-bond acceptors (Lipinski definition) is 3. The molecule has 0 unspecified atom stereocenters. The molecule has 0 fully saturated rings. The summed E-state index contributed by atoms with van der Waals surface area (Å²) in [5.74, 6) is 0. The highest BCUT2D eigenvalue weighted by Crippen LogP contribution is 2.51. The highest BCUT2D eigenvalue weighted by Gasteiger charge is 2.35. The van der Waals surface area contributed by atoms with Crippen molar-refractivity contribution in [2.75, 3.05) is 0 Å². The molecule has 4 aromatic heterocycles. The third-order valence-electron chi connectivity index (χ3n) is 10.3. The zero-order valence-electron chi connectivity index (χ0n) is 24.7. The Kier molecular flexibility index (Phi) is 4.29. The lowest BCUT2D eigenvalue weighted by Crippen LogP contribution is -2.14. The Morgan fingerprint density at radius 3 is 2.20 bits per heavy atom. The Balaban J connectivity index is 1.29. The van der Waals surface area contributed by atoms with Crippen LogP contribution in [0.3, 0.4) is 0 Å². The first-order valence-electron chi connectivity index (χ1n) is 15.5. The average Bonchev–Trinajstić information content (AvgIpc) is 3.78. The molecule has 10 aromatic rings. The van der Waals surface area contributed by atoms with Crippen LogP contribution in [-0.4, -0.2) is 14.4 Å². The van der Waals surface area contributed by atoms with Crippen molar-refractivity contribution in [3.8, 4) is 22.3 Å². The van der Waals surface area contributed by atoms with Gasteiger partial charge in [-0.05, 0) is 69.8 Å². The van der Waals surface area contributed by atoms with Gasteiger partial charge in [0.25, 0.3) is 0 Å². The van der Waals surface area contributed by atoms with E-state index < -0.39 is 0 Å². The van der Waals surface area contributed by atoms with E-state index in [0.29, 0.717) is 0 Å². The highest BCUT2D eigenvalue weighted by atomic mass is 32.1. The van der Waals surface area contributed by atoms with E-state index in [2.05, 4.69) is 121 Å². The van der Waals surface area contributed by atoms with Crippen molar-refractivity contribution in [3.63, 3.8) is 0 Å². The van der Waals surface area contributed by atoms with Crippen LogP contribution in [0.2, 0.25) is 0 Å². The molecule has 210 valence electrons. The monoisotopic (exact) mass is 591 g/mol. The van der Waals surface area contributed by atoms with Gasteiger partial charge in [-0.1, -0.05) is 92.7 Å². The number of rotatable bonds is 1. The summed E-state index contributed by atoms with van der Waals surface area (Å²) < 4.78 is 5.01. The quantitative estimate of drug-likeness (QED) is 0.190. The minimum atomic E-state index is -0.0128. The number of fused-ring (bicyclic) bond motifs is 14. The summed E-state index contributed by atoms with van der Waals surface area (Å²) in [4.78, 5) is 10.5. The third kappa shape index (κ3) is 2.91. The largest absolute Gasteiger partial charge is 0.290 e.